The molecule has 0 spiro atoms. The number of anilines is 6. The summed E-state index contributed by atoms with van der Waals surface area (Å²) >= 11 is 0. The summed E-state index contributed by atoms with van der Waals surface area (Å²) in [6.07, 6.45) is 0. The number of hydrogen-bond donors (Lipinski definition) is 0. The molecule has 6 nitrogen and oxygen atoms in total. The van der Waals surface area contributed by atoms with Crippen LogP contribution in [0.25, 0.3) is 188 Å². The van der Waals surface area contributed by atoms with Crippen LogP contribution in [-0.2, 0) is 0 Å². The largest absolute Gasteiger partial charge is 0.456 e. The summed E-state index contributed by atoms with van der Waals surface area (Å²) in [7, 11) is 0. The number of fused-ring (bicyclic) bond motifs is 13. The van der Waals surface area contributed by atoms with Crippen molar-refractivity contribution in [2.45, 2.75) is 0 Å². The molecule has 4 heterocycles. The molecule has 0 radical (unpaired) electrons. The van der Waals surface area contributed by atoms with Crippen LogP contribution in [0.3, 0.4) is 0 Å². The van der Waals surface area contributed by atoms with E-state index < -0.39 is 0 Å². The summed E-state index contributed by atoms with van der Waals surface area (Å²) in [5.74, 6) is 0. The van der Waals surface area contributed by atoms with E-state index in [9.17, 15) is 0 Å². The highest BCUT2D eigenvalue weighted by Crippen LogP contribution is 2.46. The Morgan fingerprint density at radius 2 is 0.419 bits per heavy atom. The summed E-state index contributed by atoms with van der Waals surface area (Å²) in [4.78, 5) is 4.66. The number of rotatable bonds is 15. The Hall–Kier alpha value is -16.5. The van der Waals surface area contributed by atoms with Gasteiger partial charge in [-0.3, -0.25) is 0 Å². The van der Waals surface area contributed by atoms with E-state index in [0.717, 1.165) is 145 Å². The van der Waals surface area contributed by atoms with E-state index in [-0.39, 0.29) is 0 Å². The molecule has 0 N–H and O–H groups in total. The van der Waals surface area contributed by atoms with Crippen molar-refractivity contribution in [1.29, 1.82) is 0 Å². The zero-order valence-electron chi connectivity index (χ0n) is 67.6. The normalized spacial score (nSPS) is 11.5. The Balaban J connectivity index is 0.000000143. The first-order chi connectivity index (χ1) is 61.4. The zero-order valence-corrected chi connectivity index (χ0v) is 67.6. The maximum absolute atomic E-state index is 6.25. The first-order valence-electron chi connectivity index (χ1n) is 42.3. The van der Waals surface area contributed by atoms with Gasteiger partial charge >= 0.3 is 0 Å². The minimum absolute atomic E-state index is 0.893. The van der Waals surface area contributed by atoms with E-state index in [4.69, 9.17) is 8.83 Å². The molecule has 0 aliphatic carbocycles. The molecule has 0 atom stereocenters. The van der Waals surface area contributed by atoms with Crippen molar-refractivity contribution in [1.82, 2.24) is 9.13 Å². The number of benzene rings is 20. The van der Waals surface area contributed by atoms with E-state index in [1.165, 1.54) is 76.6 Å². The second-order valence-electron chi connectivity index (χ2n) is 31.9. The summed E-state index contributed by atoms with van der Waals surface area (Å²) in [5, 5.41) is 11.9. The molecule has 6 heteroatoms. The molecule has 24 rings (SSSR count). The molecule has 0 bridgehead atoms. The van der Waals surface area contributed by atoms with Gasteiger partial charge in [0.2, 0.25) is 0 Å². The van der Waals surface area contributed by atoms with Crippen LogP contribution in [0.4, 0.5) is 34.1 Å². The number of hydrogen-bond acceptors (Lipinski definition) is 4. The second-order valence-corrected chi connectivity index (χ2v) is 31.9. The van der Waals surface area contributed by atoms with Crippen LogP contribution in [0.15, 0.2) is 482 Å². The van der Waals surface area contributed by atoms with Crippen molar-refractivity contribution in [3.63, 3.8) is 0 Å². The lowest BCUT2D eigenvalue weighted by atomic mass is 9.92. The predicted octanol–water partition coefficient (Wildman–Crippen LogP) is 33.1. The lowest BCUT2D eigenvalue weighted by molar-refractivity contribution is 0.668. The standard InChI is InChI=1S/C60H40N2O.C58H38N2O/c1-4-14-41(15-5-1)42-24-30-51(31-25-42)61(49-16-6-2-7-17-49)52-32-26-43(27-33-52)46-36-47(38-48(37-46)45-29-35-60-56(40-45)54-21-11-13-23-59(54)63-60)44-28-34-58-55(39-44)53-20-10-12-22-57(53)62(58)50-18-8-3-9-19-50;1-3-15-47(16-4-1)59(50-30-25-39-13-7-8-14-41(39)36-50)49-28-23-40(24-29-49)44-33-45(35-46(34-44)43-27-32-58-54(38-43)52-20-10-12-22-57(52)61-58)42-26-31-56-53(37-42)51-19-9-11-21-55(51)60(56)48-17-5-2-6-18-48/h1-40H;1-38H. The van der Waals surface area contributed by atoms with Gasteiger partial charge in [0.25, 0.3) is 0 Å². The highest BCUT2D eigenvalue weighted by atomic mass is 16.3. The third-order valence-electron chi connectivity index (χ3n) is 24.5. The molecule has 0 amide bonds. The van der Waals surface area contributed by atoms with Gasteiger partial charge in [0.15, 0.2) is 0 Å². The molecule has 0 aliphatic heterocycles. The molecule has 24 aromatic rings. The minimum atomic E-state index is 0.893. The molecule has 0 unspecified atom stereocenters. The molecule has 20 aromatic carbocycles. The van der Waals surface area contributed by atoms with E-state index in [1.54, 1.807) is 0 Å². The van der Waals surface area contributed by atoms with Gasteiger partial charge in [-0.2, -0.15) is 0 Å². The average molecular weight is 1580 g/mol. The van der Waals surface area contributed by atoms with E-state index in [1.807, 2.05) is 24.3 Å². The van der Waals surface area contributed by atoms with E-state index in [0.29, 0.717) is 0 Å². The fourth-order valence-electron chi connectivity index (χ4n) is 18.5. The Morgan fingerprint density at radius 3 is 0.847 bits per heavy atom. The topological polar surface area (TPSA) is 42.6 Å². The SMILES string of the molecule is c1ccc(-c2ccc(N(c3ccccc3)c3ccc(-c4cc(-c5ccc6oc7ccccc7c6c5)cc(-c5ccc6c(c5)c5ccccc5n6-c5ccccc5)c4)cc3)cc2)cc1.c1ccc(N(c2ccc(-c3cc(-c4ccc5oc6ccccc6c5c4)cc(-c4ccc5c(c4)c4ccccc4n5-c4ccccc4)c3)cc2)c2ccc3ccccc3c2)cc1. The van der Waals surface area contributed by atoms with E-state index in [2.05, 4.69) is 468 Å². The Morgan fingerprint density at radius 1 is 0.145 bits per heavy atom. The van der Waals surface area contributed by atoms with Gasteiger partial charge in [0.05, 0.1) is 22.1 Å². The Bertz CT molecular complexity index is 8130. The fraction of sp³-hybridized carbons (Fsp3) is 0. The third kappa shape index (κ3) is 13.4. The predicted molar refractivity (Wildman–Crippen MR) is 521 cm³/mol. The van der Waals surface area contributed by atoms with Gasteiger partial charge in [-0.15, -0.1) is 0 Å². The fourth-order valence-corrected chi connectivity index (χ4v) is 18.5. The molecule has 0 saturated heterocycles. The van der Waals surface area contributed by atoms with Crippen molar-refractivity contribution in [2.24, 2.45) is 0 Å². The minimum Gasteiger partial charge on any atom is -0.456 e. The van der Waals surface area contributed by atoms with Crippen LogP contribution in [0, 0.1) is 0 Å². The maximum atomic E-state index is 6.25. The van der Waals surface area contributed by atoms with Crippen molar-refractivity contribution >= 4 is 132 Å². The smallest absolute Gasteiger partial charge is 0.135 e. The molecule has 0 fully saturated rings. The molecule has 582 valence electrons. The van der Waals surface area contributed by atoms with Crippen molar-refractivity contribution < 1.29 is 8.83 Å². The first-order valence-corrected chi connectivity index (χ1v) is 42.3. The monoisotopic (exact) mass is 1580 g/mol. The number of aromatic nitrogens is 2. The summed E-state index contributed by atoms with van der Waals surface area (Å²) in [6.45, 7) is 0. The zero-order chi connectivity index (χ0) is 82.0. The summed E-state index contributed by atoms with van der Waals surface area (Å²) in [6, 6.07) is 170. The lowest BCUT2D eigenvalue weighted by Crippen LogP contribution is -2.09. The molecule has 0 aliphatic rings. The van der Waals surface area contributed by atoms with Crippen molar-refractivity contribution in [3.05, 3.63) is 473 Å². The number of nitrogens with zero attached hydrogens (tertiary/aromatic N) is 4. The maximum Gasteiger partial charge on any atom is 0.135 e. The number of para-hydroxylation sites is 8. The third-order valence-corrected chi connectivity index (χ3v) is 24.5. The van der Waals surface area contributed by atoms with Crippen LogP contribution < -0.4 is 9.80 Å². The highest BCUT2D eigenvalue weighted by Gasteiger charge is 2.22. The van der Waals surface area contributed by atoms with Crippen LogP contribution in [0.1, 0.15) is 0 Å². The highest BCUT2D eigenvalue weighted by molar-refractivity contribution is 6.13. The van der Waals surface area contributed by atoms with Gasteiger partial charge < -0.3 is 27.8 Å². The van der Waals surface area contributed by atoms with Gasteiger partial charge in [-0.05, 0) is 295 Å². The molecular weight excluding hydrogens is 1510 g/mol. The van der Waals surface area contributed by atoms with Crippen LogP contribution in [0.2, 0.25) is 0 Å². The van der Waals surface area contributed by atoms with Gasteiger partial charge in [-0.25, -0.2) is 0 Å². The van der Waals surface area contributed by atoms with Gasteiger partial charge in [0.1, 0.15) is 22.3 Å². The van der Waals surface area contributed by atoms with Crippen molar-refractivity contribution in [3.8, 4) is 89.3 Å². The molecule has 0 saturated carbocycles. The number of furan rings is 2. The summed E-state index contributed by atoms with van der Waals surface area (Å²) in [5.41, 5.74) is 33.5. The van der Waals surface area contributed by atoms with Crippen LogP contribution in [0.5, 0.6) is 0 Å². The van der Waals surface area contributed by atoms with Crippen LogP contribution >= 0.6 is 0 Å². The van der Waals surface area contributed by atoms with E-state index >= 15 is 0 Å². The van der Waals surface area contributed by atoms with Gasteiger partial charge in [-0.1, -0.05) is 267 Å². The quantitative estimate of drug-likeness (QED) is 0.103. The average Bonchev–Trinajstić information content (AvgIpc) is 1.59. The van der Waals surface area contributed by atoms with Crippen LogP contribution in [-0.4, -0.2) is 9.13 Å². The molecule has 4 aromatic heterocycles. The second kappa shape index (κ2) is 31.0. The van der Waals surface area contributed by atoms with Gasteiger partial charge in [0, 0.05) is 88.6 Å². The Labute approximate surface area is 717 Å². The Kier molecular flexibility index (Phi) is 18.2. The molecular formula is C118H78N4O2. The lowest BCUT2D eigenvalue weighted by Gasteiger charge is -2.26. The summed E-state index contributed by atoms with van der Waals surface area (Å²) < 4.78 is 17.3. The molecule has 124 heavy (non-hydrogen) atoms. The first kappa shape index (κ1) is 72.7. The van der Waals surface area contributed by atoms with Crippen molar-refractivity contribution in [2.75, 3.05) is 9.80 Å².